The van der Waals surface area contributed by atoms with Gasteiger partial charge in [0.2, 0.25) is 0 Å². The molecule has 0 nitrogen and oxygen atoms in total. The summed E-state index contributed by atoms with van der Waals surface area (Å²) in [5.74, 6) is 3.53. The molecular weight excluding hydrogens is 372 g/mol. The van der Waals surface area contributed by atoms with Gasteiger partial charge in [-0.2, -0.15) is 0 Å². The van der Waals surface area contributed by atoms with Crippen molar-refractivity contribution < 1.29 is 0 Å². The zero-order chi connectivity index (χ0) is 21.9. The Morgan fingerprint density at radius 2 is 1.61 bits per heavy atom. The molecule has 0 amide bonds. The zero-order valence-corrected chi connectivity index (χ0v) is 20.9. The second-order valence-corrected chi connectivity index (χ2v) is 11.4. The molecule has 3 aliphatic rings. The predicted molar refractivity (Wildman–Crippen MR) is 138 cm³/mol. The highest BCUT2D eigenvalue weighted by Crippen LogP contribution is 2.52. The summed E-state index contributed by atoms with van der Waals surface area (Å²) in [6.07, 6.45) is 33.9. The molecule has 176 valence electrons. The van der Waals surface area contributed by atoms with Crippen LogP contribution in [0.15, 0.2) is 37.0 Å². The Balaban J connectivity index is 1.48. The molecule has 0 bridgehead atoms. The average Bonchev–Trinajstić information content (AvgIpc) is 2.82. The van der Waals surface area contributed by atoms with Gasteiger partial charge in [-0.25, -0.2) is 0 Å². The van der Waals surface area contributed by atoms with E-state index in [-0.39, 0.29) is 0 Å². The molecule has 0 aromatic carbocycles. The molecule has 3 aliphatic carbocycles. The second-order valence-electron chi connectivity index (χ2n) is 11.4. The highest BCUT2D eigenvalue weighted by atomic mass is 14.4. The summed E-state index contributed by atoms with van der Waals surface area (Å²) < 4.78 is 0. The molecule has 31 heavy (non-hydrogen) atoms. The third kappa shape index (κ3) is 7.10. The summed E-state index contributed by atoms with van der Waals surface area (Å²) in [6.45, 7) is 11.1. The summed E-state index contributed by atoms with van der Waals surface area (Å²) in [7, 11) is 0. The minimum Gasteiger partial charge on any atom is -0.103 e. The number of rotatable bonds is 11. The lowest BCUT2D eigenvalue weighted by Crippen LogP contribution is -2.33. The highest BCUT2D eigenvalue weighted by Gasteiger charge is 2.39. The largest absolute Gasteiger partial charge is 0.103 e. The minimum atomic E-state index is 0.493. The maximum absolute atomic E-state index is 4.85. The Labute approximate surface area is 195 Å². The van der Waals surface area contributed by atoms with Gasteiger partial charge in [0.05, 0.1) is 0 Å². The molecule has 0 heteroatoms. The SMILES string of the molecule is C=CCCC1CCC(/C=C/CCC2CCCCC2C(=C)C2(CCC)CCCCC2)CC1. The van der Waals surface area contributed by atoms with Crippen molar-refractivity contribution in [2.45, 2.75) is 129 Å². The average molecular weight is 425 g/mol. The number of allylic oxidation sites excluding steroid dienone is 4. The first kappa shape index (κ1) is 24.9. The first-order valence-electron chi connectivity index (χ1n) is 14.2. The predicted octanol–water partition coefficient (Wildman–Crippen LogP) is 10.2. The molecule has 0 heterocycles. The van der Waals surface area contributed by atoms with E-state index in [1.165, 1.54) is 122 Å². The number of hydrogen-bond acceptors (Lipinski definition) is 0. The van der Waals surface area contributed by atoms with Crippen molar-refractivity contribution >= 4 is 0 Å². The van der Waals surface area contributed by atoms with Crippen molar-refractivity contribution in [3.63, 3.8) is 0 Å². The summed E-state index contributed by atoms with van der Waals surface area (Å²) in [5, 5.41) is 0. The number of hydrogen-bond donors (Lipinski definition) is 0. The molecule has 0 saturated heterocycles. The van der Waals surface area contributed by atoms with E-state index in [9.17, 15) is 0 Å². The molecule has 3 rings (SSSR count). The molecule has 3 fully saturated rings. The summed E-state index contributed by atoms with van der Waals surface area (Å²) in [4.78, 5) is 0. The van der Waals surface area contributed by atoms with Crippen molar-refractivity contribution in [1.82, 2.24) is 0 Å². The van der Waals surface area contributed by atoms with Crippen LogP contribution in [0.1, 0.15) is 129 Å². The molecule has 0 aromatic heterocycles. The molecule has 2 atom stereocenters. The van der Waals surface area contributed by atoms with E-state index >= 15 is 0 Å². The Morgan fingerprint density at radius 1 is 0.871 bits per heavy atom. The minimum absolute atomic E-state index is 0.493. The van der Waals surface area contributed by atoms with Gasteiger partial charge in [0, 0.05) is 0 Å². The normalized spacial score (nSPS) is 31.5. The van der Waals surface area contributed by atoms with E-state index < -0.39 is 0 Å². The van der Waals surface area contributed by atoms with E-state index in [1.807, 2.05) is 0 Å². The smallest absolute Gasteiger partial charge is 0.00880 e. The summed E-state index contributed by atoms with van der Waals surface area (Å²) in [6, 6.07) is 0. The van der Waals surface area contributed by atoms with Crippen molar-refractivity contribution in [2.24, 2.45) is 29.1 Å². The topological polar surface area (TPSA) is 0 Å². The molecule has 0 spiro atoms. The van der Waals surface area contributed by atoms with Gasteiger partial charge < -0.3 is 0 Å². The third-order valence-electron chi connectivity index (χ3n) is 9.36. The molecule has 3 saturated carbocycles. The lowest BCUT2D eigenvalue weighted by molar-refractivity contribution is 0.159. The van der Waals surface area contributed by atoms with Gasteiger partial charge in [-0.1, -0.05) is 75.8 Å². The van der Waals surface area contributed by atoms with Crippen LogP contribution in [-0.2, 0) is 0 Å². The monoisotopic (exact) mass is 424 g/mol. The van der Waals surface area contributed by atoms with E-state index in [4.69, 9.17) is 6.58 Å². The Morgan fingerprint density at radius 3 is 2.32 bits per heavy atom. The Bertz CT molecular complexity index is 547. The van der Waals surface area contributed by atoms with Gasteiger partial charge in [0.25, 0.3) is 0 Å². The highest BCUT2D eigenvalue weighted by molar-refractivity contribution is 5.17. The molecule has 0 aromatic rings. The van der Waals surface area contributed by atoms with Crippen LogP contribution in [0.5, 0.6) is 0 Å². The van der Waals surface area contributed by atoms with E-state index in [0.717, 1.165) is 23.7 Å². The molecule has 0 aliphatic heterocycles. The Hall–Kier alpha value is -0.780. The van der Waals surface area contributed by atoms with E-state index in [0.29, 0.717) is 5.41 Å². The van der Waals surface area contributed by atoms with Crippen molar-refractivity contribution in [3.05, 3.63) is 37.0 Å². The summed E-state index contributed by atoms with van der Waals surface area (Å²) >= 11 is 0. The second kappa shape index (κ2) is 13.1. The van der Waals surface area contributed by atoms with Crippen molar-refractivity contribution in [2.75, 3.05) is 0 Å². The zero-order valence-electron chi connectivity index (χ0n) is 20.9. The van der Waals surface area contributed by atoms with Crippen LogP contribution < -0.4 is 0 Å². The lowest BCUT2D eigenvalue weighted by Gasteiger charge is -2.45. The van der Waals surface area contributed by atoms with Crippen LogP contribution in [0.25, 0.3) is 0 Å². The fourth-order valence-electron chi connectivity index (χ4n) is 7.47. The van der Waals surface area contributed by atoms with Gasteiger partial charge >= 0.3 is 0 Å². The van der Waals surface area contributed by atoms with Crippen LogP contribution in [0.3, 0.4) is 0 Å². The van der Waals surface area contributed by atoms with Gasteiger partial charge in [0.15, 0.2) is 0 Å². The standard InChI is InChI=1S/C31H52/c1-4-6-14-27-19-21-28(22-20-27)15-8-9-16-29-17-10-11-18-30(29)26(3)31(23-5-2)24-12-7-13-25-31/h4,8,15,27-30H,1,3,5-7,9-14,16-25H2,2H3/b15-8+. The maximum atomic E-state index is 4.85. The van der Waals surface area contributed by atoms with Gasteiger partial charge in [0.1, 0.15) is 0 Å². The van der Waals surface area contributed by atoms with Gasteiger partial charge in [-0.05, 0) is 113 Å². The van der Waals surface area contributed by atoms with Crippen LogP contribution in [0, 0.1) is 29.1 Å². The first-order chi connectivity index (χ1) is 15.2. The molecule has 0 radical (unpaired) electrons. The van der Waals surface area contributed by atoms with Crippen LogP contribution in [0.2, 0.25) is 0 Å². The maximum Gasteiger partial charge on any atom is -0.00880 e. The van der Waals surface area contributed by atoms with Crippen molar-refractivity contribution in [3.8, 4) is 0 Å². The van der Waals surface area contributed by atoms with Gasteiger partial charge in [-0.15, -0.1) is 6.58 Å². The fourth-order valence-corrected chi connectivity index (χ4v) is 7.47. The fraction of sp³-hybridized carbons (Fsp3) is 0.806. The molecule has 2 unspecified atom stereocenters. The third-order valence-corrected chi connectivity index (χ3v) is 9.36. The van der Waals surface area contributed by atoms with Crippen molar-refractivity contribution in [1.29, 1.82) is 0 Å². The van der Waals surface area contributed by atoms with E-state index in [1.54, 1.807) is 5.57 Å². The lowest BCUT2D eigenvalue weighted by atomic mass is 9.59. The first-order valence-corrected chi connectivity index (χ1v) is 14.2. The van der Waals surface area contributed by atoms with E-state index in [2.05, 4.69) is 31.7 Å². The quantitative estimate of drug-likeness (QED) is 0.289. The van der Waals surface area contributed by atoms with Gasteiger partial charge in [-0.3, -0.25) is 0 Å². The Kier molecular flexibility index (Phi) is 10.5. The van der Waals surface area contributed by atoms with Crippen LogP contribution in [-0.4, -0.2) is 0 Å². The molecular formula is C31H52. The molecule has 0 N–H and O–H groups in total. The van der Waals surface area contributed by atoms with Crippen LogP contribution in [0.4, 0.5) is 0 Å². The van der Waals surface area contributed by atoms with Crippen LogP contribution >= 0.6 is 0 Å². The summed E-state index contributed by atoms with van der Waals surface area (Å²) in [5.41, 5.74) is 2.19.